The molecule has 1 aromatic carbocycles. The molecule has 148 valence electrons. The molecule has 9 heteroatoms. The van der Waals surface area contributed by atoms with E-state index >= 15 is 0 Å². The van der Waals surface area contributed by atoms with Crippen LogP contribution in [0.25, 0.3) is 0 Å². The van der Waals surface area contributed by atoms with Gasteiger partial charge in [0, 0.05) is 25.7 Å². The molecule has 0 saturated carbocycles. The number of ether oxygens (including phenoxy) is 4. The molecule has 1 heterocycles. The van der Waals surface area contributed by atoms with Gasteiger partial charge in [0.15, 0.2) is 18.3 Å². The number of thioether (sulfide) groups is 1. The van der Waals surface area contributed by atoms with Crippen molar-refractivity contribution in [2.24, 2.45) is 0 Å². The van der Waals surface area contributed by atoms with Crippen LogP contribution in [0.1, 0.15) is 20.8 Å². The second-order valence-electron chi connectivity index (χ2n) is 5.85. The zero-order valence-corrected chi connectivity index (χ0v) is 15.9. The molecule has 2 rings (SSSR count). The Balaban J connectivity index is 2.38. The molecule has 0 aromatic heterocycles. The van der Waals surface area contributed by atoms with E-state index in [1.54, 1.807) is 0 Å². The molecule has 0 N–H and O–H groups in total. The van der Waals surface area contributed by atoms with Gasteiger partial charge in [0.2, 0.25) is 0 Å². The molecule has 1 aliphatic rings. The molecule has 0 spiro atoms. The third kappa shape index (κ3) is 5.93. The Kier molecular flexibility index (Phi) is 7.61. The predicted molar refractivity (Wildman–Crippen MR) is 93.6 cm³/mol. The second kappa shape index (κ2) is 9.70. The number of alkyl halides is 1. The summed E-state index contributed by atoms with van der Waals surface area (Å²) in [6, 6.07) is 9.07. The lowest BCUT2D eigenvalue weighted by molar-refractivity contribution is -0.233. The second-order valence-corrected chi connectivity index (χ2v) is 7.02. The van der Waals surface area contributed by atoms with Crippen LogP contribution in [0.4, 0.5) is 4.39 Å². The summed E-state index contributed by atoms with van der Waals surface area (Å²) in [4.78, 5) is 35.4. The molecule has 1 aliphatic heterocycles. The van der Waals surface area contributed by atoms with Crippen molar-refractivity contribution in [1.29, 1.82) is 0 Å². The van der Waals surface area contributed by atoms with Gasteiger partial charge in [-0.15, -0.1) is 0 Å². The van der Waals surface area contributed by atoms with E-state index in [2.05, 4.69) is 0 Å². The highest BCUT2D eigenvalue weighted by Crippen LogP contribution is 2.37. The van der Waals surface area contributed by atoms with Crippen molar-refractivity contribution in [2.75, 3.05) is 6.67 Å². The van der Waals surface area contributed by atoms with Crippen molar-refractivity contribution in [3.8, 4) is 0 Å². The van der Waals surface area contributed by atoms with E-state index in [1.807, 2.05) is 30.3 Å². The Morgan fingerprint density at radius 1 is 0.926 bits per heavy atom. The van der Waals surface area contributed by atoms with Crippen LogP contribution in [0.2, 0.25) is 0 Å². The summed E-state index contributed by atoms with van der Waals surface area (Å²) < 4.78 is 35.1. The van der Waals surface area contributed by atoms with Crippen molar-refractivity contribution in [3.05, 3.63) is 30.3 Å². The standard InChI is InChI=1S/C18H21FO7S/c1-10(20)23-15-14(9-19)26-18(27-13-7-5-4-6-8-13)17(25-12(3)22)16(15)24-11(2)21/h4-8,14-18H,9H2,1-3H3/t14-,15-,16+,17+,18-/m1/s1. The zero-order valence-electron chi connectivity index (χ0n) is 15.1. The lowest BCUT2D eigenvalue weighted by Gasteiger charge is -2.43. The largest absolute Gasteiger partial charge is 0.456 e. The number of hydrogen-bond donors (Lipinski definition) is 0. The van der Waals surface area contributed by atoms with E-state index in [4.69, 9.17) is 18.9 Å². The number of halogens is 1. The lowest BCUT2D eigenvalue weighted by atomic mass is 9.99. The summed E-state index contributed by atoms with van der Waals surface area (Å²) >= 11 is 1.19. The van der Waals surface area contributed by atoms with Crippen LogP contribution in [0.5, 0.6) is 0 Å². The van der Waals surface area contributed by atoms with Crippen molar-refractivity contribution in [1.82, 2.24) is 0 Å². The van der Waals surface area contributed by atoms with Crippen LogP contribution in [0, 0.1) is 0 Å². The van der Waals surface area contributed by atoms with E-state index in [1.165, 1.54) is 18.7 Å². The van der Waals surface area contributed by atoms with Gasteiger partial charge in [-0.05, 0) is 12.1 Å². The van der Waals surface area contributed by atoms with E-state index < -0.39 is 54.4 Å². The highest BCUT2D eigenvalue weighted by molar-refractivity contribution is 7.99. The van der Waals surface area contributed by atoms with Crippen LogP contribution in [-0.4, -0.2) is 54.4 Å². The fraction of sp³-hybridized carbons (Fsp3) is 0.500. The van der Waals surface area contributed by atoms with Gasteiger partial charge in [-0.1, -0.05) is 30.0 Å². The molecular formula is C18H21FO7S. The average Bonchev–Trinajstić information content (AvgIpc) is 2.59. The first kappa shape index (κ1) is 21.2. The summed E-state index contributed by atoms with van der Waals surface area (Å²) in [6.45, 7) is 2.52. The molecule has 27 heavy (non-hydrogen) atoms. The van der Waals surface area contributed by atoms with E-state index in [-0.39, 0.29) is 0 Å². The summed E-state index contributed by atoms with van der Waals surface area (Å²) in [7, 11) is 0. The van der Waals surface area contributed by atoms with Gasteiger partial charge in [0.1, 0.15) is 18.2 Å². The monoisotopic (exact) mass is 400 g/mol. The topological polar surface area (TPSA) is 88.1 Å². The zero-order chi connectivity index (χ0) is 20.0. The minimum absolute atomic E-state index is 0.639. The molecule has 0 unspecified atom stereocenters. The normalized spacial score (nSPS) is 27.5. The minimum Gasteiger partial charge on any atom is -0.456 e. The Hall–Kier alpha value is -2.13. The molecule has 7 nitrogen and oxygen atoms in total. The van der Waals surface area contributed by atoms with Gasteiger partial charge in [-0.3, -0.25) is 14.4 Å². The molecule has 5 atom stereocenters. The van der Waals surface area contributed by atoms with Crippen LogP contribution >= 0.6 is 11.8 Å². The Morgan fingerprint density at radius 2 is 1.44 bits per heavy atom. The summed E-state index contributed by atoms with van der Waals surface area (Å²) in [5.41, 5.74) is -0.867. The van der Waals surface area contributed by atoms with Crippen molar-refractivity contribution in [2.45, 2.75) is 55.5 Å². The Bertz CT molecular complexity index is 669. The first-order valence-electron chi connectivity index (χ1n) is 8.26. The van der Waals surface area contributed by atoms with Crippen molar-refractivity contribution in [3.63, 3.8) is 0 Å². The van der Waals surface area contributed by atoms with Crippen LogP contribution in [-0.2, 0) is 33.3 Å². The Morgan fingerprint density at radius 3 is 1.96 bits per heavy atom. The van der Waals surface area contributed by atoms with Gasteiger partial charge in [-0.2, -0.15) is 0 Å². The molecule has 1 aromatic rings. The number of benzene rings is 1. The van der Waals surface area contributed by atoms with Gasteiger partial charge in [0.05, 0.1) is 0 Å². The third-order valence-electron chi connectivity index (χ3n) is 3.64. The smallest absolute Gasteiger partial charge is 0.303 e. The molecular weight excluding hydrogens is 379 g/mol. The van der Waals surface area contributed by atoms with Crippen LogP contribution < -0.4 is 0 Å². The molecule has 0 aliphatic carbocycles. The summed E-state index contributed by atoms with van der Waals surface area (Å²) in [6.07, 6.45) is -4.71. The average molecular weight is 400 g/mol. The maximum Gasteiger partial charge on any atom is 0.303 e. The summed E-state index contributed by atoms with van der Waals surface area (Å²) in [5, 5.41) is 0. The molecule has 1 fully saturated rings. The van der Waals surface area contributed by atoms with Gasteiger partial charge >= 0.3 is 17.9 Å². The first-order chi connectivity index (χ1) is 12.8. The predicted octanol–water partition coefficient (Wildman–Crippen LogP) is 2.27. The lowest BCUT2D eigenvalue weighted by Crippen LogP contribution is -2.61. The van der Waals surface area contributed by atoms with Gasteiger partial charge < -0.3 is 18.9 Å². The third-order valence-corrected chi connectivity index (χ3v) is 4.80. The first-order valence-corrected chi connectivity index (χ1v) is 9.14. The van der Waals surface area contributed by atoms with Gasteiger partial charge in [0.25, 0.3) is 0 Å². The van der Waals surface area contributed by atoms with Crippen LogP contribution in [0.15, 0.2) is 35.2 Å². The van der Waals surface area contributed by atoms with E-state index in [9.17, 15) is 18.8 Å². The molecule has 1 saturated heterocycles. The Labute approximate surface area is 160 Å². The number of esters is 3. The maximum absolute atomic E-state index is 13.6. The number of carbonyl (C=O) groups is 3. The fourth-order valence-corrected chi connectivity index (χ4v) is 3.83. The highest BCUT2D eigenvalue weighted by atomic mass is 32.2. The molecule has 0 amide bonds. The number of hydrogen-bond acceptors (Lipinski definition) is 8. The number of rotatable bonds is 6. The van der Waals surface area contributed by atoms with E-state index in [0.29, 0.717) is 0 Å². The van der Waals surface area contributed by atoms with Crippen molar-refractivity contribution < 1.29 is 37.7 Å². The summed E-state index contributed by atoms with van der Waals surface area (Å²) in [5.74, 6) is -2.02. The molecule has 0 radical (unpaired) electrons. The van der Waals surface area contributed by atoms with Crippen LogP contribution in [0.3, 0.4) is 0 Å². The maximum atomic E-state index is 13.6. The van der Waals surface area contributed by atoms with E-state index in [0.717, 1.165) is 18.7 Å². The quantitative estimate of drug-likeness (QED) is 0.531. The molecule has 0 bridgehead atoms. The van der Waals surface area contributed by atoms with Crippen molar-refractivity contribution >= 4 is 29.7 Å². The fourth-order valence-electron chi connectivity index (χ4n) is 2.71. The minimum atomic E-state index is -1.24. The highest BCUT2D eigenvalue weighted by Gasteiger charge is 2.52. The SMILES string of the molecule is CC(=O)O[C@@H]1[C@H](OC(C)=O)[C@@H](Sc2ccccc2)O[C@H](CF)[C@H]1OC(C)=O. The van der Waals surface area contributed by atoms with Gasteiger partial charge in [-0.25, -0.2) is 4.39 Å². The number of carbonyl (C=O) groups excluding carboxylic acids is 3.